The minimum absolute atomic E-state index is 0.136. The molecule has 0 aliphatic carbocycles. The molecule has 5 nitrogen and oxygen atoms in total. The summed E-state index contributed by atoms with van der Waals surface area (Å²) in [4.78, 5) is 4.19. The van der Waals surface area contributed by atoms with Gasteiger partial charge in [-0.15, -0.1) is 10.2 Å². The van der Waals surface area contributed by atoms with Gasteiger partial charge in [0.05, 0.1) is 6.20 Å². The first-order valence-electron chi connectivity index (χ1n) is 5.40. The van der Waals surface area contributed by atoms with Crippen LogP contribution in [0.1, 0.15) is 0 Å². The number of methoxy groups -OCH3 is 1. The van der Waals surface area contributed by atoms with E-state index in [1.165, 1.54) is 11.8 Å². The molecule has 0 amide bonds. The second kappa shape index (κ2) is 6.70. The molecular weight excluding hydrogens is 286 g/mol. The second-order valence-electron chi connectivity index (χ2n) is 3.52. The van der Waals surface area contributed by atoms with Crippen molar-refractivity contribution in [1.29, 1.82) is 0 Å². The number of aromatic nitrogens is 3. The summed E-state index contributed by atoms with van der Waals surface area (Å²) in [6.45, 7) is 0.136. The Kier molecular flexibility index (Phi) is 4.95. The number of benzene rings is 1. The minimum atomic E-state index is 0.136. The number of thioether (sulfide) groups is 1. The first-order chi connectivity index (χ1) is 9.24. The van der Waals surface area contributed by atoms with Gasteiger partial charge >= 0.3 is 0 Å². The molecule has 0 N–H and O–H groups in total. The first-order valence-corrected chi connectivity index (χ1v) is 7.00. The minimum Gasteiger partial charge on any atom is -0.467 e. The number of halogens is 1. The Morgan fingerprint density at radius 1 is 1.32 bits per heavy atom. The van der Waals surface area contributed by atoms with Crippen molar-refractivity contribution in [2.75, 3.05) is 20.2 Å². The maximum atomic E-state index is 5.96. The highest BCUT2D eigenvalue weighted by atomic mass is 35.5. The molecule has 1 aromatic heterocycles. The van der Waals surface area contributed by atoms with Gasteiger partial charge in [0, 0.05) is 17.7 Å². The zero-order chi connectivity index (χ0) is 13.7. The first kappa shape index (κ1) is 14.0. The molecule has 0 unspecified atom stereocenters. The maximum absolute atomic E-state index is 5.96. The maximum Gasteiger partial charge on any atom is 0.208 e. The molecule has 19 heavy (non-hydrogen) atoms. The van der Waals surface area contributed by atoms with Crippen LogP contribution in [0.25, 0.3) is 11.3 Å². The largest absolute Gasteiger partial charge is 0.467 e. The third kappa shape index (κ3) is 3.56. The number of rotatable bonds is 5. The highest BCUT2D eigenvalue weighted by Gasteiger charge is 2.10. The zero-order valence-electron chi connectivity index (χ0n) is 10.5. The Morgan fingerprint density at radius 3 is 2.79 bits per heavy atom. The van der Waals surface area contributed by atoms with Crippen LogP contribution >= 0.6 is 23.4 Å². The summed E-state index contributed by atoms with van der Waals surface area (Å²) >= 11 is 7.39. The van der Waals surface area contributed by atoms with Gasteiger partial charge in [0.2, 0.25) is 5.16 Å². The van der Waals surface area contributed by atoms with Gasteiger partial charge in [0.15, 0.2) is 6.79 Å². The average Bonchev–Trinajstić information content (AvgIpc) is 2.45. The molecule has 1 heterocycles. The van der Waals surface area contributed by atoms with Crippen molar-refractivity contribution in [3.8, 4) is 17.0 Å². The molecule has 2 aromatic rings. The molecule has 0 aliphatic rings. The van der Waals surface area contributed by atoms with E-state index in [0.717, 1.165) is 5.56 Å². The fourth-order valence-corrected chi connectivity index (χ4v) is 1.87. The van der Waals surface area contributed by atoms with Crippen LogP contribution in [-0.2, 0) is 4.74 Å². The Bertz CT molecular complexity index is 551. The van der Waals surface area contributed by atoms with Crippen LogP contribution in [0.5, 0.6) is 5.75 Å². The summed E-state index contributed by atoms with van der Waals surface area (Å²) in [5.41, 5.74) is 1.40. The lowest BCUT2D eigenvalue weighted by Gasteiger charge is -2.10. The number of ether oxygens (including phenoxy) is 2. The van der Waals surface area contributed by atoms with Gasteiger partial charge in [-0.05, 0) is 24.5 Å². The molecule has 0 saturated heterocycles. The van der Waals surface area contributed by atoms with Crippen LogP contribution in [0, 0.1) is 0 Å². The molecule has 100 valence electrons. The SMILES string of the molecule is COCOc1cc(Cl)ccc1-c1cnc(SC)nn1. The molecule has 0 radical (unpaired) electrons. The molecule has 0 aliphatic heterocycles. The van der Waals surface area contributed by atoms with Crippen LogP contribution in [0.15, 0.2) is 29.6 Å². The van der Waals surface area contributed by atoms with Gasteiger partial charge in [0.1, 0.15) is 11.4 Å². The third-order valence-corrected chi connectivity index (χ3v) is 3.06. The van der Waals surface area contributed by atoms with Crippen molar-refractivity contribution >= 4 is 23.4 Å². The molecule has 0 bridgehead atoms. The van der Waals surface area contributed by atoms with Crippen LogP contribution in [0.4, 0.5) is 0 Å². The number of hydrogen-bond acceptors (Lipinski definition) is 6. The standard InChI is InChI=1S/C12H12ClN3O2S/c1-17-7-18-11-5-8(13)3-4-9(11)10-6-14-12(19-2)16-15-10/h3-6H,7H2,1-2H3. The number of nitrogens with zero attached hydrogens (tertiary/aromatic N) is 3. The van der Waals surface area contributed by atoms with Gasteiger partial charge in [-0.2, -0.15) is 0 Å². The van der Waals surface area contributed by atoms with Crippen LogP contribution in [0.3, 0.4) is 0 Å². The Morgan fingerprint density at radius 2 is 2.16 bits per heavy atom. The van der Waals surface area contributed by atoms with Gasteiger partial charge in [0.25, 0.3) is 0 Å². The highest BCUT2D eigenvalue weighted by Crippen LogP contribution is 2.31. The molecule has 2 rings (SSSR count). The van der Waals surface area contributed by atoms with Crippen molar-refractivity contribution < 1.29 is 9.47 Å². The summed E-state index contributed by atoms with van der Waals surface area (Å²) in [6, 6.07) is 5.29. The summed E-state index contributed by atoms with van der Waals surface area (Å²) in [5, 5.41) is 9.32. The average molecular weight is 298 g/mol. The lowest BCUT2D eigenvalue weighted by Crippen LogP contribution is -2.01. The van der Waals surface area contributed by atoms with Crippen molar-refractivity contribution in [1.82, 2.24) is 15.2 Å². The van der Waals surface area contributed by atoms with Crippen molar-refractivity contribution in [2.24, 2.45) is 0 Å². The monoisotopic (exact) mass is 297 g/mol. The third-order valence-electron chi connectivity index (χ3n) is 2.28. The summed E-state index contributed by atoms with van der Waals surface area (Å²) < 4.78 is 10.4. The fraction of sp³-hybridized carbons (Fsp3) is 0.250. The lowest BCUT2D eigenvalue weighted by molar-refractivity contribution is 0.0515. The van der Waals surface area contributed by atoms with E-state index >= 15 is 0 Å². The van der Waals surface area contributed by atoms with E-state index in [1.54, 1.807) is 25.4 Å². The lowest BCUT2D eigenvalue weighted by atomic mass is 10.1. The predicted octanol–water partition coefficient (Wildman–Crippen LogP) is 2.90. The molecular formula is C12H12ClN3O2S. The molecule has 7 heteroatoms. The van der Waals surface area contributed by atoms with Crippen LogP contribution in [0.2, 0.25) is 5.02 Å². The Balaban J connectivity index is 2.36. The van der Waals surface area contributed by atoms with Gasteiger partial charge in [-0.3, -0.25) is 0 Å². The predicted molar refractivity (Wildman–Crippen MR) is 74.6 cm³/mol. The van der Waals surface area contributed by atoms with E-state index in [9.17, 15) is 0 Å². The van der Waals surface area contributed by atoms with E-state index in [2.05, 4.69) is 15.2 Å². The van der Waals surface area contributed by atoms with Gasteiger partial charge < -0.3 is 9.47 Å². The van der Waals surface area contributed by atoms with Crippen molar-refractivity contribution in [2.45, 2.75) is 5.16 Å². The van der Waals surface area contributed by atoms with Crippen LogP contribution in [-0.4, -0.2) is 35.3 Å². The molecule has 0 spiro atoms. The van der Waals surface area contributed by atoms with E-state index in [-0.39, 0.29) is 6.79 Å². The smallest absolute Gasteiger partial charge is 0.208 e. The van der Waals surface area contributed by atoms with Crippen molar-refractivity contribution in [3.63, 3.8) is 0 Å². The van der Waals surface area contributed by atoms with E-state index < -0.39 is 0 Å². The quantitative estimate of drug-likeness (QED) is 0.625. The summed E-state index contributed by atoms with van der Waals surface area (Å²) in [6.07, 6.45) is 3.55. The molecule has 0 fully saturated rings. The van der Waals surface area contributed by atoms with E-state index in [1.807, 2.05) is 12.3 Å². The topological polar surface area (TPSA) is 57.1 Å². The molecule has 1 aromatic carbocycles. The van der Waals surface area contributed by atoms with E-state index in [0.29, 0.717) is 21.6 Å². The molecule has 0 atom stereocenters. The zero-order valence-corrected chi connectivity index (χ0v) is 12.0. The van der Waals surface area contributed by atoms with E-state index in [4.69, 9.17) is 21.1 Å². The van der Waals surface area contributed by atoms with Crippen molar-refractivity contribution in [3.05, 3.63) is 29.4 Å². The molecule has 0 saturated carbocycles. The second-order valence-corrected chi connectivity index (χ2v) is 4.73. The number of hydrogen-bond donors (Lipinski definition) is 0. The summed E-state index contributed by atoms with van der Waals surface area (Å²) in [5.74, 6) is 0.586. The highest BCUT2D eigenvalue weighted by molar-refractivity contribution is 7.98. The Hall–Kier alpha value is -1.37. The van der Waals surface area contributed by atoms with Gasteiger partial charge in [-0.1, -0.05) is 23.4 Å². The summed E-state index contributed by atoms with van der Waals surface area (Å²) in [7, 11) is 1.55. The fourth-order valence-electron chi connectivity index (χ4n) is 1.43. The van der Waals surface area contributed by atoms with Gasteiger partial charge in [-0.25, -0.2) is 4.98 Å². The van der Waals surface area contributed by atoms with Crippen LogP contribution < -0.4 is 4.74 Å². The Labute approximate surface area is 120 Å². The normalized spacial score (nSPS) is 10.5.